The maximum absolute atomic E-state index is 11.2. The molecule has 1 aliphatic rings. The Morgan fingerprint density at radius 3 is 2.95 bits per heavy atom. The Hall–Kier alpha value is -1.79. The molecule has 1 aromatic carbocycles. The summed E-state index contributed by atoms with van der Waals surface area (Å²) in [7, 11) is 1.51. The van der Waals surface area contributed by atoms with Gasteiger partial charge in [-0.2, -0.15) is 0 Å². The van der Waals surface area contributed by atoms with Crippen molar-refractivity contribution >= 4 is 23.3 Å². The number of carboxylic acids is 1. The van der Waals surface area contributed by atoms with Crippen LogP contribution in [0.5, 0.6) is 5.75 Å². The molecule has 0 amide bonds. The molecule has 1 heterocycles. The Kier molecular flexibility index (Phi) is 3.64. The molecule has 0 radical (unpaired) electrons. The van der Waals surface area contributed by atoms with Crippen molar-refractivity contribution in [3.8, 4) is 5.75 Å². The molecule has 1 aromatic rings. The molecular weight excluding hydrogens is 272 g/mol. The Bertz CT molecular complexity index is 547. The van der Waals surface area contributed by atoms with E-state index in [0.717, 1.165) is 0 Å². The number of nitrogens with two attached hydrogens (primary N) is 1. The number of methoxy groups -OCH3 is 1. The molecule has 6 nitrogen and oxygen atoms in total. The molecule has 0 aromatic heterocycles. The first-order valence-corrected chi connectivity index (χ1v) is 5.92. The van der Waals surface area contributed by atoms with Gasteiger partial charge >= 0.3 is 5.97 Å². The molecule has 0 spiro atoms. The van der Waals surface area contributed by atoms with E-state index in [0.29, 0.717) is 22.0 Å². The predicted molar refractivity (Wildman–Crippen MR) is 69.7 cm³/mol. The van der Waals surface area contributed by atoms with Gasteiger partial charge in [-0.05, 0) is 18.2 Å². The Morgan fingerprint density at radius 1 is 1.68 bits per heavy atom. The van der Waals surface area contributed by atoms with Crippen LogP contribution in [0.2, 0.25) is 5.02 Å². The number of carbonyl (C=O) groups is 1. The van der Waals surface area contributed by atoms with Gasteiger partial charge in [0.05, 0.1) is 12.8 Å². The van der Waals surface area contributed by atoms with E-state index in [4.69, 9.17) is 26.9 Å². The third-order valence-corrected chi connectivity index (χ3v) is 3.21. The number of rotatable bonds is 4. The van der Waals surface area contributed by atoms with Crippen molar-refractivity contribution in [1.82, 2.24) is 0 Å². The fourth-order valence-electron chi connectivity index (χ4n) is 1.84. The number of hydrogen-bond donors (Lipinski definition) is 2. The summed E-state index contributed by atoms with van der Waals surface area (Å²) >= 11 is 5.93. The average Bonchev–Trinajstić information content (AvgIpc) is 2.84. The maximum atomic E-state index is 11.2. The second-order valence-electron chi connectivity index (χ2n) is 4.15. The van der Waals surface area contributed by atoms with Crippen molar-refractivity contribution in [2.45, 2.75) is 12.0 Å². The molecule has 1 atom stereocenters. The minimum Gasteiger partial charge on any atom is -0.496 e. The van der Waals surface area contributed by atoms with Crippen LogP contribution in [0.15, 0.2) is 23.4 Å². The van der Waals surface area contributed by atoms with E-state index >= 15 is 0 Å². The molecule has 0 bridgehead atoms. The first kappa shape index (κ1) is 13.6. The van der Waals surface area contributed by atoms with Crippen molar-refractivity contribution in [2.24, 2.45) is 10.9 Å². The van der Waals surface area contributed by atoms with Crippen molar-refractivity contribution in [2.75, 3.05) is 13.7 Å². The van der Waals surface area contributed by atoms with E-state index < -0.39 is 11.6 Å². The lowest BCUT2D eigenvalue weighted by Gasteiger charge is -2.18. The summed E-state index contributed by atoms with van der Waals surface area (Å²) in [5.74, 6) is -0.597. The van der Waals surface area contributed by atoms with Crippen LogP contribution in [0.25, 0.3) is 0 Å². The lowest BCUT2D eigenvalue weighted by molar-refractivity contribution is -0.161. The highest BCUT2D eigenvalue weighted by atomic mass is 35.5. The number of aliphatic carboxylic acids is 1. The molecule has 7 heteroatoms. The minimum absolute atomic E-state index is 0.0650. The summed E-state index contributed by atoms with van der Waals surface area (Å²) in [5.41, 5.74) is 5.02. The fraction of sp³-hybridized carbons (Fsp3) is 0.333. The number of hydrogen-bond acceptors (Lipinski definition) is 5. The Labute approximate surface area is 114 Å². The maximum Gasteiger partial charge on any atom is 0.352 e. The van der Waals surface area contributed by atoms with Gasteiger partial charge in [-0.3, -0.25) is 0 Å². The number of benzene rings is 1. The third-order valence-electron chi connectivity index (χ3n) is 2.98. The number of carboxylic acid groups (broad SMARTS) is 1. The standard InChI is InChI=1S/C12H13ClN2O4/c1-18-10-3-2-7(13)4-8(10)9-5-12(6-14,11(16)17)19-15-9/h2-4H,5-6,14H2,1H3,(H,16,17). The summed E-state index contributed by atoms with van der Waals surface area (Å²) in [5, 5.41) is 13.5. The van der Waals surface area contributed by atoms with Crippen molar-refractivity contribution in [3.63, 3.8) is 0 Å². The highest BCUT2D eigenvalue weighted by Gasteiger charge is 2.46. The normalized spacial score (nSPS) is 21.7. The van der Waals surface area contributed by atoms with Crippen LogP contribution in [0, 0.1) is 0 Å². The van der Waals surface area contributed by atoms with Gasteiger partial charge in [-0.1, -0.05) is 16.8 Å². The summed E-state index contributed by atoms with van der Waals surface area (Å²) in [6.45, 7) is -0.168. The lowest BCUT2D eigenvalue weighted by atomic mass is 9.94. The Balaban J connectivity index is 2.35. The van der Waals surface area contributed by atoms with E-state index in [9.17, 15) is 9.90 Å². The Morgan fingerprint density at radius 2 is 2.42 bits per heavy atom. The number of oxime groups is 1. The van der Waals surface area contributed by atoms with Gasteiger partial charge in [-0.25, -0.2) is 4.79 Å². The van der Waals surface area contributed by atoms with Crippen LogP contribution >= 0.6 is 11.6 Å². The molecule has 102 valence electrons. The molecule has 1 aliphatic heterocycles. The fourth-order valence-corrected chi connectivity index (χ4v) is 2.01. The van der Waals surface area contributed by atoms with E-state index in [1.807, 2.05) is 0 Å². The van der Waals surface area contributed by atoms with E-state index in [1.165, 1.54) is 7.11 Å². The molecule has 0 saturated carbocycles. The van der Waals surface area contributed by atoms with Crippen molar-refractivity contribution in [1.29, 1.82) is 0 Å². The van der Waals surface area contributed by atoms with E-state index in [1.54, 1.807) is 18.2 Å². The average molecular weight is 285 g/mol. The van der Waals surface area contributed by atoms with E-state index in [-0.39, 0.29) is 13.0 Å². The van der Waals surface area contributed by atoms with Gasteiger partial charge in [0, 0.05) is 23.6 Å². The lowest BCUT2D eigenvalue weighted by Crippen LogP contribution is -2.45. The first-order chi connectivity index (χ1) is 9.02. The molecule has 0 saturated heterocycles. The number of nitrogens with zero attached hydrogens (tertiary/aromatic N) is 1. The molecule has 3 N–H and O–H groups in total. The summed E-state index contributed by atoms with van der Waals surface area (Å²) in [4.78, 5) is 16.2. The van der Waals surface area contributed by atoms with Gasteiger partial charge < -0.3 is 20.4 Å². The second kappa shape index (κ2) is 5.07. The molecule has 1 unspecified atom stereocenters. The monoisotopic (exact) mass is 284 g/mol. The van der Waals surface area contributed by atoms with Crippen LogP contribution < -0.4 is 10.5 Å². The topological polar surface area (TPSA) is 94.1 Å². The van der Waals surface area contributed by atoms with Gasteiger partial charge in [-0.15, -0.1) is 0 Å². The highest BCUT2D eigenvalue weighted by Crippen LogP contribution is 2.31. The minimum atomic E-state index is -1.51. The number of halogens is 1. The first-order valence-electron chi connectivity index (χ1n) is 5.55. The zero-order valence-electron chi connectivity index (χ0n) is 10.2. The third kappa shape index (κ3) is 2.36. The van der Waals surface area contributed by atoms with Gasteiger partial charge in [0.25, 0.3) is 5.60 Å². The van der Waals surface area contributed by atoms with Gasteiger partial charge in [0.2, 0.25) is 0 Å². The van der Waals surface area contributed by atoms with Crippen LogP contribution in [-0.4, -0.2) is 36.0 Å². The number of ether oxygens (including phenoxy) is 1. The second-order valence-corrected chi connectivity index (χ2v) is 4.59. The largest absolute Gasteiger partial charge is 0.496 e. The molecule has 0 aliphatic carbocycles. The molecule has 19 heavy (non-hydrogen) atoms. The highest BCUT2D eigenvalue weighted by molar-refractivity contribution is 6.31. The quantitative estimate of drug-likeness (QED) is 0.868. The molecular formula is C12H13ClN2O4. The van der Waals surface area contributed by atoms with Crippen LogP contribution in [0.1, 0.15) is 12.0 Å². The molecule has 2 rings (SSSR count). The zero-order valence-corrected chi connectivity index (χ0v) is 11.0. The van der Waals surface area contributed by atoms with Crippen LogP contribution in [-0.2, 0) is 9.63 Å². The smallest absolute Gasteiger partial charge is 0.352 e. The summed E-state index contributed by atoms with van der Waals surface area (Å²) in [6.07, 6.45) is 0.0650. The summed E-state index contributed by atoms with van der Waals surface area (Å²) < 4.78 is 5.20. The van der Waals surface area contributed by atoms with Crippen molar-refractivity contribution < 1.29 is 19.5 Å². The van der Waals surface area contributed by atoms with Gasteiger partial charge in [0.15, 0.2) is 0 Å². The van der Waals surface area contributed by atoms with Crippen molar-refractivity contribution in [3.05, 3.63) is 28.8 Å². The van der Waals surface area contributed by atoms with E-state index in [2.05, 4.69) is 5.16 Å². The zero-order chi connectivity index (χ0) is 14.0. The van der Waals surface area contributed by atoms with Gasteiger partial charge in [0.1, 0.15) is 5.75 Å². The SMILES string of the molecule is COc1ccc(Cl)cc1C1=NOC(CN)(C(=O)O)C1. The van der Waals surface area contributed by atoms with Crippen LogP contribution in [0.4, 0.5) is 0 Å². The van der Waals surface area contributed by atoms with Crippen LogP contribution in [0.3, 0.4) is 0 Å². The molecule has 0 fully saturated rings. The predicted octanol–water partition coefficient (Wildman–Crippen LogP) is 1.26. The summed E-state index contributed by atoms with van der Waals surface area (Å²) in [6, 6.07) is 5.01.